The topological polar surface area (TPSA) is 57.6 Å². The van der Waals surface area contributed by atoms with Crippen LogP contribution in [0, 0.1) is 0 Å². The number of fused-ring (bicyclic) bond motifs is 1. The maximum absolute atomic E-state index is 12.2. The molecule has 0 unspecified atom stereocenters. The van der Waals surface area contributed by atoms with Gasteiger partial charge in [0.15, 0.2) is 0 Å². The summed E-state index contributed by atoms with van der Waals surface area (Å²) in [6.07, 6.45) is 6.31. The fraction of sp³-hybridized carbons (Fsp3) is 0.556. The minimum atomic E-state index is -0.727. The van der Waals surface area contributed by atoms with E-state index >= 15 is 0 Å². The lowest BCUT2D eigenvalue weighted by molar-refractivity contribution is -0.137. The van der Waals surface area contributed by atoms with E-state index in [1.54, 1.807) is 0 Å². The molecule has 4 heteroatoms. The predicted octanol–water partition coefficient (Wildman–Crippen LogP) is 3.56. The molecule has 1 aromatic carbocycles. The van der Waals surface area contributed by atoms with E-state index in [4.69, 9.17) is 5.11 Å². The van der Waals surface area contributed by atoms with Crippen molar-refractivity contribution in [1.82, 2.24) is 0 Å². The summed E-state index contributed by atoms with van der Waals surface area (Å²) in [6.45, 7) is 2.89. The second kappa shape index (κ2) is 7.97. The van der Waals surface area contributed by atoms with E-state index in [1.165, 1.54) is 11.1 Å². The Morgan fingerprint density at radius 1 is 1.18 bits per heavy atom. The number of carbonyl (C=O) groups excluding carboxylic acids is 1. The molecule has 0 spiro atoms. The first-order valence-electron chi connectivity index (χ1n) is 8.25. The number of aliphatic carboxylic acids is 1. The summed E-state index contributed by atoms with van der Waals surface area (Å²) in [6, 6.07) is 6.31. The zero-order valence-corrected chi connectivity index (χ0v) is 13.3. The molecule has 22 heavy (non-hydrogen) atoms. The molecule has 0 bridgehead atoms. The van der Waals surface area contributed by atoms with Gasteiger partial charge in [-0.1, -0.05) is 25.5 Å². The highest BCUT2D eigenvalue weighted by Crippen LogP contribution is 2.30. The van der Waals surface area contributed by atoms with Gasteiger partial charge in [0.1, 0.15) is 0 Å². The van der Waals surface area contributed by atoms with Crippen LogP contribution in [0.25, 0.3) is 0 Å². The van der Waals surface area contributed by atoms with Crippen LogP contribution in [0.2, 0.25) is 0 Å². The molecule has 1 aromatic rings. The average molecular weight is 303 g/mol. The van der Waals surface area contributed by atoms with E-state index in [9.17, 15) is 9.59 Å². The summed E-state index contributed by atoms with van der Waals surface area (Å²) in [7, 11) is 0. The zero-order chi connectivity index (χ0) is 15.9. The molecule has 0 saturated heterocycles. The number of amides is 1. The van der Waals surface area contributed by atoms with Gasteiger partial charge in [-0.2, -0.15) is 0 Å². The Balaban J connectivity index is 1.92. The Morgan fingerprint density at radius 3 is 2.73 bits per heavy atom. The summed E-state index contributed by atoms with van der Waals surface area (Å²) in [5, 5.41) is 8.64. The van der Waals surface area contributed by atoms with Crippen LogP contribution in [-0.2, 0) is 22.4 Å². The monoisotopic (exact) mass is 303 g/mol. The minimum absolute atomic E-state index is 0.231. The van der Waals surface area contributed by atoms with Crippen molar-refractivity contribution in [2.75, 3.05) is 11.4 Å². The van der Waals surface area contributed by atoms with Gasteiger partial charge < -0.3 is 10.0 Å². The molecular weight excluding hydrogens is 278 g/mol. The number of nitrogens with zero attached hydrogens (tertiary/aromatic N) is 1. The molecule has 1 heterocycles. The zero-order valence-electron chi connectivity index (χ0n) is 13.3. The van der Waals surface area contributed by atoms with Gasteiger partial charge in [0.25, 0.3) is 0 Å². The molecule has 0 radical (unpaired) electrons. The van der Waals surface area contributed by atoms with Crippen molar-refractivity contribution in [1.29, 1.82) is 0 Å². The Hall–Kier alpha value is -1.84. The number of anilines is 1. The standard InChI is InChI=1S/C18H25NO3/c1-2-3-7-17(20)19-12-11-15-13-14(9-10-16(15)19)6-4-5-8-18(21)22/h9-10,13H,2-8,11-12H2,1H3,(H,21,22). The molecule has 1 N–H and O–H groups in total. The van der Waals surface area contributed by atoms with Crippen molar-refractivity contribution in [3.8, 4) is 0 Å². The molecule has 4 nitrogen and oxygen atoms in total. The molecule has 1 aliphatic rings. The van der Waals surface area contributed by atoms with Gasteiger partial charge in [-0.15, -0.1) is 0 Å². The van der Waals surface area contributed by atoms with Crippen LogP contribution in [-0.4, -0.2) is 23.5 Å². The normalized spacial score (nSPS) is 13.2. The number of carboxylic acid groups (broad SMARTS) is 1. The number of hydrogen-bond acceptors (Lipinski definition) is 2. The highest BCUT2D eigenvalue weighted by atomic mass is 16.4. The number of unbranched alkanes of at least 4 members (excludes halogenated alkanes) is 2. The van der Waals surface area contributed by atoms with Crippen LogP contribution in [0.3, 0.4) is 0 Å². The van der Waals surface area contributed by atoms with E-state index in [-0.39, 0.29) is 12.3 Å². The maximum atomic E-state index is 12.2. The highest BCUT2D eigenvalue weighted by molar-refractivity contribution is 5.95. The minimum Gasteiger partial charge on any atom is -0.481 e. The van der Waals surface area contributed by atoms with Gasteiger partial charge in [-0.25, -0.2) is 0 Å². The maximum Gasteiger partial charge on any atom is 0.303 e. The van der Waals surface area contributed by atoms with Crippen LogP contribution >= 0.6 is 0 Å². The number of rotatable bonds is 8. The Morgan fingerprint density at radius 2 is 2.00 bits per heavy atom. The third-order valence-electron chi connectivity index (χ3n) is 4.19. The molecule has 0 fully saturated rings. The first-order valence-corrected chi connectivity index (χ1v) is 8.25. The largest absolute Gasteiger partial charge is 0.481 e. The number of carboxylic acids is 1. The van der Waals surface area contributed by atoms with Crippen LogP contribution < -0.4 is 4.90 Å². The summed E-state index contributed by atoms with van der Waals surface area (Å²) in [4.78, 5) is 24.6. The Labute approximate surface area is 132 Å². The second-order valence-corrected chi connectivity index (χ2v) is 5.96. The van der Waals surface area contributed by atoms with Crippen molar-refractivity contribution < 1.29 is 14.7 Å². The van der Waals surface area contributed by atoms with E-state index in [0.717, 1.165) is 44.3 Å². The molecule has 0 aliphatic carbocycles. The Kier molecular flexibility index (Phi) is 5.99. The third kappa shape index (κ3) is 4.33. The first-order chi connectivity index (χ1) is 10.6. The van der Waals surface area contributed by atoms with Crippen LogP contribution in [0.15, 0.2) is 18.2 Å². The molecule has 0 saturated carbocycles. The van der Waals surface area contributed by atoms with E-state index in [1.807, 2.05) is 4.90 Å². The van der Waals surface area contributed by atoms with Crippen molar-refractivity contribution in [2.45, 2.75) is 58.3 Å². The summed E-state index contributed by atoms with van der Waals surface area (Å²) in [5.74, 6) is -0.495. The summed E-state index contributed by atoms with van der Waals surface area (Å²) in [5.41, 5.74) is 3.56. The SMILES string of the molecule is CCCCC(=O)N1CCc2cc(CCCCC(=O)O)ccc21. The van der Waals surface area contributed by atoms with Gasteiger partial charge in [0, 0.05) is 25.1 Å². The van der Waals surface area contributed by atoms with Gasteiger partial charge in [0.2, 0.25) is 5.91 Å². The molecule has 1 aliphatic heterocycles. The van der Waals surface area contributed by atoms with E-state index in [2.05, 4.69) is 25.1 Å². The molecule has 2 rings (SSSR count). The number of hydrogen-bond donors (Lipinski definition) is 1. The smallest absolute Gasteiger partial charge is 0.303 e. The molecule has 0 aromatic heterocycles. The number of benzene rings is 1. The summed E-state index contributed by atoms with van der Waals surface area (Å²) >= 11 is 0. The van der Waals surface area contributed by atoms with Crippen molar-refractivity contribution >= 4 is 17.6 Å². The lowest BCUT2D eigenvalue weighted by Crippen LogP contribution is -2.28. The summed E-state index contributed by atoms with van der Waals surface area (Å²) < 4.78 is 0. The van der Waals surface area contributed by atoms with Crippen LogP contribution in [0.5, 0.6) is 0 Å². The molecule has 1 amide bonds. The quantitative estimate of drug-likeness (QED) is 0.747. The fourth-order valence-electron chi connectivity index (χ4n) is 2.94. The van der Waals surface area contributed by atoms with Gasteiger partial charge in [-0.05, 0) is 49.3 Å². The van der Waals surface area contributed by atoms with Crippen molar-refractivity contribution in [2.24, 2.45) is 0 Å². The molecule has 120 valence electrons. The third-order valence-corrected chi connectivity index (χ3v) is 4.19. The van der Waals surface area contributed by atoms with Gasteiger partial charge in [-0.3, -0.25) is 9.59 Å². The van der Waals surface area contributed by atoms with Crippen molar-refractivity contribution in [3.63, 3.8) is 0 Å². The van der Waals surface area contributed by atoms with Gasteiger partial charge >= 0.3 is 5.97 Å². The lowest BCUT2D eigenvalue weighted by atomic mass is 10.0. The second-order valence-electron chi connectivity index (χ2n) is 5.96. The first kappa shape index (κ1) is 16.5. The number of carbonyl (C=O) groups is 2. The van der Waals surface area contributed by atoms with E-state index < -0.39 is 5.97 Å². The van der Waals surface area contributed by atoms with Crippen LogP contribution in [0.4, 0.5) is 5.69 Å². The molecule has 0 atom stereocenters. The predicted molar refractivity (Wildman–Crippen MR) is 87.2 cm³/mol. The lowest BCUT2D eigenvalue weighted by Gasteiger charge is -2.17. The Bertz CT molecular complexity index is 539. The number of aryl methyl sites for hydroxylation is 1. The van der Waals surface area contributed by atoms with E-state index in [0.29, 0.717) is 12.8 Å². The highest BCUT2D eigenvalue weighted by Gasteiger charge is 2.24. The fourth-order valence-corrected chi connectivity index (χ4v) is 2.94. The van der Waals surface area contributed by atoms with Crippen molar-refractivity contribution in [3.05, 3.63) is 29.3 Å². The average Bonchev–Trinajstić information content (AvgIpc) is 2.92. The van der Waals surface area contributed by atoms with Crippen LogP contribution in [0.1, 0.15) is 56.6 Å². The molecular formula is C18H25NO3. The van der Waals surface area contributed by atoms with Gasteiger partial charge in [0.05, 0.1) is 0 Å².